The fourth-order valence-corrected chi connectivity index (χ4v) is 1.84. The molecule has 0 bridgehead atoms. The van der Waals surface area contributed by atoms with Gasteiger partial charge in [0, 0.05) is 18.7 Å². The van der Waals surface area contributed by atoms with Gasteiger partial charge in [0.2, 0.25) is 5.91 Å². The molecule has 0 atom stereocenters. The summed E-state index contributed by atoms with van der Waals surface area (Å²) in [5.41, 5.74) is 1.32. The summed E-state index contributed by atoms with van der Waals surface area (Å²) < 4.78 is 0. The van der Waals surface area contributed by atoms with Crippen LogP contribution in [0.4, 0.5) is 11.4 Å². The summed E-state index contributed by atoms with van der Waals surface area (Å²) in [4.78, 5) is 11.6. The van der Waals surface area contributed by atoms with Crippen LogP contribution in [0.1, 0.15) is 19.8 Å². The molecule has 4 nitrogen and oxygen atoms in total. The second-order valence-electron chi connectivity index (χ2n) is 4.12. The predicted octanol–water partition coefficient (Wildman–Crippen LogP) is 3.55. The number of benzene rings is 1. The maximum absolute atomic E-state index is 11.6. The Balaban J connectivity index is 2.73. The van der Waals surface area contributed by atoms with E-state index in [9.17, 15) is 4.79 Å². The first kappa shape index (κ1) is 16.5. The number of rotatable bonds is 6. The van der Waals surface area contributed by atoms with Crippen molar-refractivity contribution < 1.29 is 4.79 Å². The van der Waals surface area contributed by atoms with Gasteiger partial charge in [-0.05, 0) is 36.8 Å². The van der Waals surface area contributed by atoms with Crippen LogP contribution >= 0.6 is 23.8 Å². The number of carbonyl (C=O) groups excluding carboxylic acids is 1. The molecule has 0 aliphatic rings. The van der Waals surface area contributed by atoms with Crippen molar-refractivity contribution >= 4 is 46.2 Å². The zero-order chi connectivity index (χ0) is 15.0. The van der Waals surface area contributed by atoms with Crippen LogP contribution in [0.15, 0.2) is 30.9 Å². The van der Waals surface area contributed by atoms with Crippen molar-refractivity contribution in [2.24, 2.45) is 0 Å². The molecule has 20 heavy (non-hydrogen) atoms. The van der Waals surface area contributed by atoms with Gasteiger partial charge in [-0.1, -0.05) is 24.6 Å². The van der Waals surface area contributed by atoms with E-state index in [1.54, 1.807) is 24.3 Å². The van der Waals surface area contributed by atoms with Crippen LogP contribution in [0.5, 0.6) is 0 Å². The third kappa shape index (κ3) is 5.59. The molecule has 1 amide bonds. The van der Waals surface area contributed by atoms with E-state index >= 15 is 0 Å². The van der Waals surface area contributed by atoms with E-state index in [1.165, 1.54) is 0 Å². The first-order valence-electron chi connectivity index (χ1n) is 6.32. The molecule has 0 unspecified atom stereocenters. The van der Waals surface area contributed by atoms with Gasteiger partial charge in [-0.15, -0.1) is 6.58 Å². The molecule has 6 heteroatoms. The summed E-state index contributed by atoms with van der Waals surface area (Å²) in [6.45, 7) is 6.12. The van der Waals surface area contributed by atoms with E-state index in [4.69, 9.17) is 23.8 Å². The maximum Gasteiger partial charge on any atom is 0.224 e. The fraction of sp³-hybridized carbons (Fsp3) is 0.286. The molecule has 0 heterocycles. The Kier molecular flexibility index (Phi) is 7.04. The number of amides is 1. The van der Waals surface area contributed by atoms with Gasteiger partial charge in [-0.25, -0.2) is 0 Å². The number of nitrogens with one attached hydrogen (secondary N) is 3. The van der Waals surface area contributed by atoms with Gasteiger partial charge in [0.15, 0.2) is 5.11 Å². The van der Waals surface area contributed by atoms with Gasteiger partial charge in [-0.2, -0.15) is 0 Å². The van der Waals surface area contributed by atoms with Crippen molar-refractivity contribution in [1.29, 1.82) is 0 Å². The first-order valence-corrected chi connectivity index (χ1v) is 7.10. The van der Waals surface area contributed by atoms with Crippen LogP contribution in [0.25, 0.3) is 0 Å². The molecule has 1 aromatic rings. The highest BCUT2D eigenvalue weighted by Crippen LogP contribution is 2.25. The van der Waals surface area contributed by atoms with E-state index in [-0.39, 0.29) is 5.91 Å². The van der Waals surface area contributed by atoms with Crippen molar-refractivity contribution in [1.82, 2.24) is 5.32 Å². The second-order valence-corrected chi connectivity index (χ2v) is 4.93. The van der Waals surface area contributed by atoms with Crippen molar-refractivity contribution in [2.75, 3.05) is 17.2 Å². The molecule has 0 spiro atoms. The minimum atomic E-state index is -0.0202. The largest absolute Gasteiger partial charge is 0.359 e. The molecule has 1 aromatic carbocycles. The fourth-order valence-electron chi connectivity index (χ4n) is 1.48. The van der Waals surface area contributed by atoms with Crippen LogP contribution < -0.4 is 16.0 Å². The van der Waals surface area contributed by atoms with E-state index in [2.05, 4.69) is 22.5 Å². The lowest BCUT2D eigenvalue weighted by Crippen LogP contribution is -2.28. The van der Waals surface area contributed by atoms with E-state index in [0.717, 1.165) is 6.42 Å². The zero-order valence-electron chi connectivity index (χ0n) is 11.3. The van der Waals surface area contributed by atoms with Gasteiger partial charge in [0.05, 0.1) is 10.7 Å². The van der Waals surface area contributed by atoms with Gasteiger partial charge < -0.3 is 16.0 Å². The van der Waals surface area contributed by atoms with Crippen LogP contribution in [0, 0.1) is 0 Å². The number of anilines is 2. The van der Waals surface area contributed by atoms with Crippen molar-refractivity contribution in [2.45, 2.75) is 19.8 Å². The van der Waals surface area contributed by atoms with Crippen molar-refractivity contribution in [3.63, 3.8) is 0 Å². The second kappa shape index (κ2) is 8.55. The highest BCUT2D eigenvalue weighted by Gasteiger charge is 2.06. The number of thiocarbonyl (C=S) groups is 1. The van der Waals surface area contributed by atoms with Crippen LogP contribution in [-0.2, 0) is 4.79 Å². The molecule has 0 radical (unpaired) electrons. The van der Waals surface area contributed by atoms with Crippen molar-refractivity contribution in [3.05, 3.63) is 35.9 Å². The van der Waals surface area contributed by atoms with Crippen LogP contribution in [0.3, 0.4) is 0 Å². The lowest BCUT2D eigenvalue weighted by Gasteiger charge is -2.12. The summed E-state index contributed by atoms with van der Waals surface area (Å²) in [6, 6.07) is 5.21. The average Bonchev–Trinajstić information content (AvgIpc) is 2.40. The number of hydrogen-bond donors (Lipinski definition) is 3. The minimum Gasteiger partial charge on any atom is -0.359 e. The van der Waals surface area contributed by atoms with Crippen LogP contribution in [0.2, 0.25) is 5.02 Å². The Bertz CT molecular complexity index is 505. The number of carbonyl (C=O) groups is 1. The molecule has 0 saturated carbocycles. The third-order valence-electron chi connectivity index (χ3n) is 2.38. The summed E-state index contributed by atoms with van der Waals surface area (Å²) in [5, 5.41) is 9.71. The molecule has 0 aromatic heterocycles. The average molecular weight is 312 g/mol. The molecule has 1 rings (SSSR count). The quantitative estimate of drug-likeness (QED) is 0.555. The molecule has 0 aliphatic carbocycles. The predicted molar refractivity (Wildman–Crippen MR) is 89.4 cm³/mol. The van der Waals surface area contributed by atoms with Gasteiger partial charge in [-0.3, -0.25) is 4.79 Å². The lowest BCUT2D eigenvalue weighted by molar-refractivity contribution is -0.116. The minimum absolute atomic E-state index is 0.0202. The van der Waals surface area contributed by atoms with Crippen LogP contribution in [-0.4, -0.2) is 17.6 Å². The highest BCUT2D eigenvalue weighted by atomic mass is 35.5. The molecule has 0 saturated heterocycles. The Morgan fingerprint density at radius 2 is 2.20 bits per heavy atom. The van der Waals surface area contributed by atoms with Crippen molar-refractivity contribution in [3.8, 4) is 0 Å². The summed E-state index contributed by atoms with van der Waals surface area (Å²) >= 11 is 11.2. The van der Waals surface area contributed by atoms with E-state index < -0.39 is 0 Å². The molecule has 0 aliphatic heterocycles. The smallest absolute Gasteiger partial charge is 0.224 e. The van der Waals surface area contributed by atoms with Gasteiger partial charge in [0.25, 0.3) is 0 Å². The summed E-state index contributed by atoms with van der Waals surface area (Å²) in [6.07, 6.45) is 3.00. The van der Waals surface area contributed by atoms with Gasteiger partial charge in [0.1, 0.15) is 0 Å². The maximum atomic E-state index is 11.6. The van der Waals surface area contributed by atoms with Gasteiger partial charge >= 0.3 is 0 Å². The molecular formula is C14H18ClN3OS. The third-order valence-corrected chi connectivity index (χ3v) is 2.96. The molecular weight excluding hydrogens is 294 g/mol. The van der Waals surface area contributed by atoms with E-state index in [0.29, 0.717) is 34.5 Å². The molecule has 0 fully saturated rings. The Morgan fingerprint density at radius 1 is 1.45 bits per heavy atom. The monoisotopic (exact) mass is 311 g/mol. The normalized spacial score (nSPS) is 9.70. The lowest BCUT2D eigenvalue weighted by atomic mass is 10.2. The Labute approximate surface area is 129 Å². The molecule has 108 valence electrons. The highest BCUT2D eigenvalue weighted by molar-refractivity contribution is 7.80. The zero-order valence-corrected chi connectivity index (χ0v) is 12.9. The van der Waals surface area contributed by atoms with E-state index in [1.807, 2.05) is 6.92 Å². The number of hydrogen-bond acceptors (Lipinski definition) is 2. The summed E-state index contributed by atoms with van der Waals surface area (Å²) in [7, 11) is 0. The SMILES string of the molecule is C=CCNC(=S)Nc1cc(NC(=O)CCC)ccc1Cl. The topological polar surface area (TPSA) is 53.2 Å². The standard InChI is InChI=1S/C14H18ClN3OS/c1-3-5-13(19)17-10-6-7-11(15)12(9-10)18-14(20)16-8-4-2/h4,6-7,9H,2-3,5,8H2,1H3,(H,17,19)(H2,16,18,20). The summed E-state index contributed by atoms with van der Waals surface area (Å²) in [5.74, 6) is -0.0202. The Morgan fingerprint density at radius 3 is 2.85 bits per heavy atom. The molecule has 3 N–H and O–H groups in total. The number of halogens is 1. The first-order chi connectivity index (χ1) is 9.56. The Hall–Kier alpha value is -1.59.